The molecule has 0 aromatic rings. The van der Waals surface area contributed by atoms with Crippen LogP contribution in [-0.2, 0) is 38.0 Å². The summed E-state index contributed by atoms with van der Waals surface area (Å²) >= 11 is 0. The van der Waals surface area contributed by atoms with Crippen LogP contribution < -0.4 is 21.7 Å². The predicted octanol–water partition coefficient (Wildman–Crippen LogP) is 2.13. The third kappa shape index (κ3) is 14.6. The second-order valence-corrected chi connectivity index (χ2v) is 18.8. The van der Waals surface area contributed by atoms with E-state index < -0.39 is 101 Å². The minimum absolute atomic E-state index is 0.000307. The summed E-state index contributed by atoms with van der Waals surface area (Å²) in [6.07, 6.45) is -9.07. The highest BCUT2D eigenvalue weighted by molar-refractivity contribution is 5.81. The Hall–Kier alpha value is -3.62. The number of aliphatic hydroxyl groups is 3. The van der Waals surface area contributed by atoms with E-state index in [1.54, 1.807) is 82.2 Å². The van der Waals surface area contributed by atoms with Gasteiger partial charge in [-0.25, -0.2) is 14.4 Å². The molecule has 1 aliphatic carbocycles. The van der Waals surface area contributed by atoms with Crippen LogP contribution in [0.4, 0.5) is 14.4 Å². The molecule has 0 spiro atoms. The number of carbonyl (C=O) groups is 4. The Morgan fingerprint density at radius 2 is 1.50 bits per heavy atom. The molecule has 19 nitrogen and oxygen atoms in total. The number of alkyl carbamates (subject to hydrolysis) is 2. The molecule has 4 amide bonds. The van der Waals surface area contributed by atoms with E-state index in [2.05, 4.69) is 16.0 Å². The van der Waals surface area contributed by atoms with Gasteiger partial charge in [0.25, 0.3) is 5.95 Å². The zero-order valence-corrected chi connectivity index (χ0v) is 36.2. The summed E-state index contributed by atoms with van der Waals surface area (Å²) in [5, 5.41) is 42.8. The molecule has 19 heteroatoms. The first kappa shape index (κ1) is 48.7. The third-order valence-corrected chi connectivity index (χ3v) is 9.40. The highest BCUT2D eigenvalue weighted by Gasteiger charge is 2.54. The molecule has 0 aromatic carbocycles. The minimum Gasteiger partial charge on any atom is -0.461 e. The van der Waals surface area contributed by atoms with Gasteiger partial charge in [0.05, 0.1) is 24.7 Å². The fourth-order valence-electron chi connectivity index (χ4n) is 6.91. The first-order chi connectivity index (χ1) is 26.6. The summed E-state index contributed by atoms with van der Waals surface area (Å²) in [4.78, 5) is 53.4. The molecule has 334 valence electrons. The smallest absolute Gasteiger partial charge is 0.410 e. The maximum Gasteiger partial charge on any atom is 0.410 e. The highest BCUT2D eigenvalue weighted by atomic mass is 16.7. The van der Waals surface area contributed by atoms with Crippen molar-refractivity contribution in [3.63, 3.8) is 0 Å². The van der Waals surface area contributed by atoms with Crippen LogP contribution in [0, 0.1) is 5.41 Å². The van der Waals surface area contributed by atoms with Crippen molar-refractivity contribution in [3.8, 4) is 0 Å². The molecule has 10 atom stereocenters. The average molecular weight is 832 g/mol. The molecular weight excluding hydrogens is 762 g/mol. The van der Waals surface area contributed by atoms with Crippen molar-refractivity contribution in [2.45, 2.75) is 180 Å². The van der Waals surface area contributed by atoms with E-state index in [0.717, 1.165) is 0 Å². The van der Waals surface area contributed by atoms with Crippen LogP contribution in [0.2, 0.25) is 0 Å². The van der Waals surface area contributed by atoms with Gasteiger partial charge in [0, 0.05) is 25.6 Å². The topological polar surface area (TPSA) is 259 Å². The van der Waals surface area contributed by atoms with Gasteiger partial charge in [-0.15, -0.1) is 0 Å². The number of hydrogen-bond donors (Lipinski definition) is 7. The Labute approximate surface area is 341 Å². The Morgan fingerprint density at radius 1 is 0.914 bits per heavy atom. The number of hydrogen-bond acceptors (Lipinski definition) is 15. The number of nitrogens with one attached hydrogen (secondary N) is 3. The van der Waals surface area contributed by atoms with E-state index in [1.165, 1.54) is 11.9 Å². The number of nitrogens with two attached hydrogens (primary N) is 1. The molecule has 2 heterocycles. The van der Waals surface area contributed by atoms with Crippen LogP contribution in [0.3, 0.4) is 0 Å². The summed E-state index contributed by atoms with van der Waals surface area (Å²) in [7, 11) is 1.49. The van der Waals surface area contributed by atoms with Gasteiger partial charge in [-0.1, -0.05) is 13.8 Å². The number of likely N-dealkylation sites (N-methyl/N-ethyl adjacent to an activating group) is 1. The van der Waals surface area contributed by atoms with Gasteiger partial charge in [-0.3, -0.25) is 4.79 Å². The van der Waals surface area contributed by atoms with Gasteiger partial charge in [0.2, 0.25) is 5.91 Å². The monoisotopic (exact) mass is 831 g/mol. The third-order valence-electron chi connectivity index (χ3n) is 9.40. The Morgan fingerprint density at radius 3 is 2.09 bits per heavy atom. The summed E-state index contributed by atoms with van der Waals surface area (Å²) in [5.74, 6) is -0.823. The lowest BCUT2D eigenvalue weighted by atomic mass is 9.79. The summed E-state index contributed by atoms with van der Waals surface area (Å²) in [6.45, 7) is 19.0. The maximum absolute atomic E-state index is 13.6. The van der Waals surface area contributed by atoms with Crippen molar-refractivity contribution in [2.75, 3.05) is 26.7 Å². The van der Waals surface area contributed by atoms with E-state index in [9.17, 15) is 34.5 Å². The van der Waals surface area contributed by atoms with Crippen molar-refractivity contribution < 1.29 is 67.7 Å². The normalized spacial score (nSPS) is 29.4. The highest BCUT2D eigenvalue weighted by Crippen LogP contribution is 2.38. The molecule has 0 radical (unpaired) electrons. The maximum atomic E-state index is 13.6. The lowest BCUT2D eigenvalue weighted by molar-refractivity contribution is -0.295. The molecule has 8 N–H and O–H groups in total. The Kier molecular flexibility index (Phi) is 16.5. The first-order valence-corrected chi connectivity index (χ1v) is 19.9. The number of amides is 4. The SMILES string of the molecule is CN(C(=O)OC(C)(C)C)[C@@H]1C(O)[C@@H](OC2C(O)C(OC3=CCC[C@@H](CN)O3)[C@@H](NC(=O)OC(C)(C)C)C[C@H]2NC(=O)[C@@H](O)CCNC(=O)OC(C)(C)C)OCC1(C)C. The fourth-order valence-corrected chi connectivity index (χ4v) is 6.91. The molecule has 58 heavy (non-hydrogen) atoms. The largest absolute Gasteiger partial charge is 0.461 e. The first-order valence-electron chi connectivity index (χ1n) is 19.9. The number of carbonyl (C=O) groups excluding carboxylic acids is 4. The summed E-state index contributed by atoms with van der Waals surface area (Å²) < 4.78 is 40.9. The molecule has 4 unspecified atom stereocenters. The second kappa shape index (κ2) is 19.6. The van der Waals surface area contributed by atoms with Gasteiger partial charge in [0.1, 0.15) is 47.3 Å². The lowest BCUT2D eigenvalue weighted by Gasteiger charge is -2.51. The molecule has 3 rings (SSSR count). The van der Waals surface area contributed by atoms with Crippen LogP contribution in [0.5, 0.6) is 0 Å². The van der Waals surface area contributed by atoms with Crippen LogP contribution in [-0.4, -0.2) is 149 Å². The minimum atomic E-state index is -1.67. The Bertz CT molecular complexity index is 1440. The molecule has 2 fully saturated rings. The van der Waals surface area contributed by atoms with Crippen molar-refractivity contribution in [2.24, 2.45) is 11.1 Å². The number of ether oxygens (including phenoxy) is 7. The fraction of sp³-hybridized carbons (Fsp3) is 0.846. The van der Waals surface area contributed by atoms with Crippen LogP contribution in [0.1, 0.15) is 102 Å². The van der Waals surface area contributed by atoms with Gasteiger partial charge in [-0.05, 0) is 94.1 Å². The van der Waals surface area contributed by atoms with Gasteiger partial charge in [-0.2, -0.15) is 0 Å². The summed E-state index contributed by atoms with van der Waals surface area (Å²) in [6, 6.07) is -3.12. The average Bonchev–Trinajstić information content (AvgIpc) is 3.06. The van der Waals surface area contributed by atoms with E-state index in [-0.39, 0.29) is 44.6 Å². The molecule has 1 saturated heterocycles. The Balaban J connectivity index is 1.97. The van der Waals surface area contributed by atoms with E-state index >= 15 is 0 Å². The number of aliphatic hydroxyl groups excluding tert-OH is 3. The van der Waals surface area contributed by atoms with Crippen molar-refractivity contribution >= 4 is 24.2 Å². The standard InChI is InChI=1S/C39H69N5O14/c1-36(2,3)56-33(49)41-17-16-24(45)31(48)42-22-18-23(43-34(50)57-37(4,5)6)28(54-25-15-13-14-21(19-40)53-25)26(46)29(22)55-32-27(47)30(39(10,11)20-52-32)44(12)35(51)58-38(7,8)9/h15,21-24,26-30,32,45-47H,13-14,16-20,40H2,1-12H3,(H,41,49)(H,42,48)(H,43,50)/t21-,22+,23-,24-,26?,27?,28?,29?,30+,32+/m0/s1. The van der Waals surface area contributed by atoms with Gasteiger partial charge >= 0.3 is 18.3 Å². The molecule has 2 aliphatic heterocycles. The molecule has 1 saturated carbocycles. The van der Waals surface area contributed by atoms with Crippen molar-refractivity contribution in [1.29, 1.82) is 0 Å². The van der Waals surface area contributed by atoms with E-state index in [4.69, 9.17) is 38.9 Å². The van der Waals surface area contributed by atoms with Crippen molar-refractivity contribution in [3.05, 3.63) is 12.0 Å². The zero-order valence-electron chi connectivity index (χ0n) is 36.2. The summed E-state index contributed by atoms with van der Waals surface area (Å²) in [5.41, 5.74) is 2.59. The second-order valence-electron chi connectivity index (χ2n) is 18.8. The molecule has 0 bridgehead atoms. The molecule has 3 aliphatic rings. The van der Waals surface area contributed by atoms with Gasteiger partial charge in [0.15, 0.2) is 12.4 Å². The molecular formula is C39H69N5O14. The number of rotatable bonds is 12. The molecule has 0 aromatic heterocycles. The van der Waals surface area contributed by atoms with Crippen LogP contribution >= 0.6 is 0 Å². The number of allylic oxidation sites excluding steroid dienone is 1. The zero-order chi connectivity index (χ0) is 44.0. The van der Waals surface area contributed by atoms with Crippen molar-refractivity contribution in [1.82, 2.24) is 20.9 Å². The van der Waals surface area contributed by atoms with Gasteiger partial charge < -0.3 is 75.1 Å². The van der Waals surface area contributed by atoms with E-state index in [0.29, 0.717) is 12.8 Å². The van der Waals surface area contributed by atoms with E-state index in [1.807, 2.05) is 0 Å². The predicted molar refractivity (Wildman–Crippen MR) is 209 cm³/mol. The quantitative estimate of drug-likeness (QED) is 0.139. The lowest BCUT2D eigenvalue weighted by Crippen LogP contribution is -2.69. The van der Waals surface area contributed by atoms with Crippen LogP contribution in [0.15, 0.2) is 12.0 Å². The number of nitrogens with zero attached hydrogens (tertiary/aromatic N) is 1. The van der Waals surface area contributed by atoms with Crippen LogP contribution in [0.25, 0.3) is 0 Å².